The van der Waals surface area contributed by atoms with Gasteiger partial charge in [-0.1, -0.05) is 44.2 Å². The van der Waals surface area contributed by atoms with Gasteiger partial charge in [0.2, 0.25) is 0 Å². The molecule has 2 aromatic rings. The van der Waals surface area contributed by atoms with Crippen LogP contribution in [-0.2, 0) is 15.1 Å². The Morgan fingerprint density at radius 1 is 1.18 bits per heavy atom. The monoisotopic (exact) mass is 385 g/mol. The van der Waals surface area contributed by atoms with Crippen molar-refractivity contribution < 1.29 is 14.3 Å². The minimum absolute atomic E-state index is 0.0701. The van der Waals surface area contributed by atoms with Crippen molar-refractivity contribution in [3.8, 4) is 0 Å². The molecule has 152 valence electrons. The molecule has 2 rings (SSSR count). The van der Waals surface area contributed by atoms with Gasteiger partial charge in [-0.05, 0) is 45.2 Å². The van der Waals surface area contributed by atoms with E-state index in [2.05, 4.69) is 45.0 Å². The summed E-state index contributed by atoms with van der Waals surface area (Å²) in [6.45, 7) is 12.4. The first kappa shape index (κ1) is 21.7. The number of aromatic nitrogens is 2. The van der Waals surface area contributed by atoms with E-state index in [1.807, 2.05) is 41.1 Å². The lowest BCUT2D eigenvalue weighted by Gasteiger charge is -2.23. The van der Waals surface area contributed by atoms with E-state index in [1.54, 1.807) is 6.92 Å². The molecule has 1 heterocycles. The van der Waals surface area contributed by atoms with Gasteiger partial charge in [-0.3, -0.25) is 14.3 Å². The summed E-state index contributed by atoms with van der Waals surface area (Å²) in [6, 6.07) is 10.8. The van der Waals surface area contributed by atoms with E-state index in [9.17, 15) is 9.59 Å². The van der Waals surface area contributed by atoms with Crippen LogP contribution in [0.1, 0.15) is 81.7 Å². The summed E-state index contributed by atoms with van der Waals surface area (Å²) >= 11 is 0. The molecule has 0 saturated carbocycles. The van der Waals surface area contributed by atoms with Crippen LogP contribution in [0.4, 0.5) is 0 Å². The summed E-state index contributed by atoms with van der Waals surface area (Å²) in [7, 11) is 0. The van der Waals surface area contributed by atoms with Crippen LogP contribution in [0.2, 0.25) is 0 Å². The minimum atomic E-state index is -0.477. The molecule has 0 aliphatic rings. The van der Waals surface area contributed by atoms with Crippen molar-refractivity contribution in [3.05, 3.63) is 53.3 Å². The second kappa shape index (κ2) is 9.04. The second-order valence-electron chi connectivity index (χ2n) is 8.14. The average molecular weight is 386 g/mol. The first-order valence-electron chi connectivity index (χ1n) is 9.75. The highest BCUT2D eigenvalue weighted by Crippen LogP contribution is 2.24. The van der Waals surface area contributed by atoms with Gasteiger partial charge in [0.1, 0.15) is 5.69 Å². The van der Waals surface area contributed by atoms with Gasteiger partial charge < -0.3 is 10.1 Å². The third-order valence-corrected chi connectivity index (χ3v) is 4.38. The highest BCUT2D eigenvalue weighted by Gasteiger charge is 2.26. The highest BCUT2D eigenvalue weighted by atomic mass is 16.5. The van der Waals surface area contributed by atoms with Gasteiger partial charge in [0.15, 0.2) is 0 Å². The molecule has 6 nitrogen and oxygen atoms in total. The lowest BCUT2D eigenvalue weighted by Crippen LogP contribution is -2.31. The van der Waals surface area contributed by atoms with E-state index in [0.717, 1.165) is 11.3 Å². The summed E-state index contributed by atoms with van der Waals surface area (Å²) in [4.78, 5) is 25.0. The number of rotatable bonds is 7. The molecule has 0 aliphatic carbocycles. The molecular formula is C22H31N3O3. The van der Waals surface area contributed by atoms with E-state index in [-0.39, 0.29) is 29.8 Å². The summed E-state index contributed by atoms with van der Waals surface area (Å²) in [5.74, 6) is -0.416. The van der Waals surface area contributed by atoms with Crippen LogP contribution >= 0.6 is 0 Å². The fourth-order valence-electron chi connectivity index (χ4n) is 3.01. The molecular weight excluding hydrogens is 354 g/mol. The lowest BCUT2D eigenvalue weighted by molar-refractivity contribution is -0.143. The summed E-state index contributed by atoms with van der Waals surface area (Å²) in [5.41, 5.74) is 1.97. The molecule has 0 spiro atoms. The molecule has 28 heavy (non-hydrogen) atoms. The van der Waals surface area contributed by atoms with Crippen molar-refractivity contribution >= 4 is 11.9 Å². The fraction of sp³-hybridized carbons (Fsp3) is 0.500. The minimum Gasteiger partial charge on any atom is -0.466 e. The Morgan fingerprint density at radius 3 is 2.32 bits per heavy atom. The van der Waals surface area contributed by atoms with Crippen molar-refractivity contribution in [1.29, 1.82) is 0 Å². The maximum atomic E-state index is 12.9. The number of esters is 1. The molecule has 6 heteroatoms. The predicted octanol–water partition coefficient (Wildman–Crippen LogP) is 4.19. The molecule has 0 aliphatic heterocycles. The van der Waals surface area contributed by atoms with E-state index in [1.165, 1.54) is 0 Å². The second-order valence-corrected chi connectivity index (χ2v) is 8.14. The molecule has 1 aromatic carbocycles. The first-order chi connectivity index (χ1) is 13.1. The van der Waals surface area contributed by atoms with Crippen LogP contribution in [-0.4, -0.2) is 28.3 Å². The Labute approximate surface area is 167 Å². The Kier molecular flexibility index (Phi) is 7.00. The number of nitrogens with zero attached hydrogens (tertiary/aromatic N) is 2. The summed E-state index contributed by atoms with van der Waals surface area (Å²) < 4.78 is 6.97. The molecule has 1 aromatic heterocycles. The van der Waals surface area contributed by atoms with Crippen LogP contribution in [0.25, 0.3) is 0 Å². The molecule has 1 N–H and O–H groups in total. The van der Waals surface area contributed by atoms with Gasteiger partial charge in [-0.2, -0.15) is 5.10 Å². The molecule has 0 bridgehead atoms. The van der Waals surface area contributed by atoms with Gasteiger partial charge in [-0.25, -0.2) is 0 Å². The third-order valence-electron chi connectivity index (χ3n) is 4.38. The topological polar surface area (TPSA) is 73.2 Å². The van der Waals surface area contributed by atoms with Crippen LogP contribution in [0.5, 0.6) is 0 Å². The van der Waals surface area contributed by atoms with Crippen molar-refractivity contribution in [2.45, 2.75) is 65.5 Å². The number of hydrogen-bond donors (Lipinski definition) is 1. The molecule has 0 fully saturated rings. The van der Waals surface area contributed by atoms with Gasteiger partial charge in [-0.15, -0.1) is 0 Å². The molecule has 1 unspecified atom stereocenters. The molecule has 1 amide bonds. The largest absolute Gasteiger partial charge is 0.466 e. The zero-order chi connectivity index (χ0) is 20.9. The van der Waals surface area contributed by atoms with Crippen LogP contribution < -0.4 is 5.32 Å². The highest BCUT2D eigenvalue weighted by molar-refractivity contribution is 5.93. The number of carbonyl (C=O) groups excluding carboxylic acids is 2. The predicted molar refractivity (Wildman–Crippen MR) is 109 cm³/mol. The van der Waals surface area contributed by atoms with E-state index in [4.69, 9.17) is 4.74 Å². The number of carbonyl (C=O) groups is 2. The van der Waals surface area contributed by atoms with Gasteiger partial charge in [0, 0.05) is 5.69 Å². The first-order valence-corrected chi connectivity index (χ1v) is 9.75. The summed E-state index contributed by atoms with van der Waals surface area (Å²) in [5, 5.41) is 7.51. The van der Waals surface area contributed by atoms with Crippen molar-refractivity contribution in [2.75, 3.05) is 6.61 Å². The number of ether oxygens (including phenoxy) is 1. The molecule has 0 radical (unpaired) electrons. The van der Waals surface area contributed by atoms with E-state index < -0.39 is 6.04 Å². The normalized spacial score (nSPS) is 12.7. The Morgan fingerprint density at radius 2 is 1.82 bits per heavy atom. The number of hydrogen-bond acceptors (Lipinski definition) is 4. The SMILES string of the molecule is CCOC(=O)CC(NC(=O)c1cc(C(C)C)n(C(C)(C)C)n1)c1ccccc1. The zero-order valence-corrected chi connectivity index (χ0v) is 17.7. The zero-order valence-electron chi connectivity index (χ0n) is 17.7. The Hall–Kier alpha value is -2.63. The van der Waals surface area contributed by atoms with Crippen molar-refractivity contribution in [2.24, 2.45) is 0 Å². The number of benzene rings is 1. The van der Waals surface area contributed by atoms with Crippen molar-refractivity contribution in [1.82, 2.24) is 15.1 Å². The van der Waals surface area contributed by atoms with Crippen LogP contribution in [0.15, 0.2) is 36.4 Å². The molecule has 0 saturated heterocycles. The van der Waals surface area contributed by atoms with Gasteiger partial charge in [0.25, 0.3) is 5.91 Å². The van der Waals surface area contributed by atoms with E-state index >= 15 is 0 Å². The van der Waals surface area contributed by atoms with Gasteiger partial charge >= 0.3 is 5.97 Å². The Balaban J connectivity index is 2.29. The smallest absolute Gasteiger partial charge is 0.308 e. The van der Waals surface area contributed by atoms with Gasteiger partial charge in [0.05, 0.1) is 24.6 Å². The van der Waals surface area contributed by atoms with Crippen LogP contribution in [0, 0.1) is 0 Å². The summed E-state index contributed by atoms with van der Waals surface area (Å²) in [6.07, 6.45) is 0.0701. The quantitative estimate of drug-likeness (QED) is 0.726. The molecule has 1 atom stereocenters. The fourth-order valence-corrected chi connectivity index (χ4v) is 3.01. The maximum Gasteiger partial charge on any atom is 0.308 e. The Bertz CT molecular complexity index is 804. The standard InChI is InChI=1S/C22H31N3O3/c1-7-28-20(26)14-17(16-11-9-8-10-12-16)23-21(27)18-13-19(15(2)3)25(24-18)22(4,5)6/h8-13,15,17H,7,14H2,1-6H3,(H,23,27). The van der Waals surface area contributed by atoms with E-state index in [0.29, 0.717) is 12.3 Å². The average Bonchev–Trinajstić information content (AvgIpc) is 3.08. The lowest BCUT2D eigenvalue weighted by atomic mass is 10.0. The van der Waals surface area contributed by atoms with Crippen molar-refractivity contribution in [3.63, 3.8) is 0 Å². The number of amides is 1. The number of nitrogens with one attached hydrogen (secondary N) is 1. The van der Waals surface area contributed by atoms with Crippen LogP contribution in [0.3, 0.4) is 0 Å². The maximum absolute atomic E-state index is 12.9. The third kappa shape index (κ3) is 5.44.